The van der Waals surface area contributed by atoms with Crippen LogP contribution < -0.4 is 0 Å². The van der Waals surface area contributed by atoms with Gasteiger partial charge in [0.05, 0.1) is 6.61 Å². The maximum atomic E-state index is 11.0. The smallest absolute Gasteiger partial charge is 0.334 e. The molecular weight excluding hydrogens is 220 g/mol. The second-order valence-corrected chi connectivity index (χ2v) is 4.26. The first kappa shape index (κ1) is 13.7. The van der Waals surface area contributed by atoms with Crippen molar-refractivity contribution in [2.24, 2.45) is 0 Å². The maximum absolute atomic E-state index is 11.0. The Hall–Kier alpha value is -1.32. The van der Waals surface area contributed by atoms with Gasteiger partial charge >= 0.3 is 11.9 Å². The molecule has 0 aromatic rings. The average molecular weight is 240 g/mol. The van der Waals surface area contributed by atoms with Crippen molar-refractivity contribution >= 4 is 11.9 Å². The van der Waals surface area contributed by atoms with Gasteiger partial charge in [0.1, 0.15) is 6.61 Å². The molecule has 0 aliphatic carbocycles. The van der Waals surface area contributed by atoms with Gasteiger partial charge in [-0.05, 0) is 31.8 Å². The van der Waals surface area contributed by atoms with Crippen molar-refractivity contribution in [3.05, 3.63) is 11.1 Å². The summed E-state index contributed by atoms with van der Waals surface area (Å²) >= 11 is 0. The molecule has 2 heterocycles. The van der Waals surface area contributed by atoms with Crippen molar-refractivity contribution in [1.29, 1.82) is 0 Å². The molecule has 0 unspecified atom stereocenters. The second-order valence-electron chi connectivity index (χ2n) is 4.26. The number of cyclic esters (lactones) is 2. The van der Waals surface area contributed by atoms with E-state index in [2.05, 4.69) is 11.7 Å². The summed E-state index contributed by atoms with van der Waals surface area (Å²) in [6.45, 7) is 5.24. The summed E-state index contributed by atoms with van der Waals surface area (Å²) in [6.07, 6.45) is 4.64. The first-order valence-corrected chi connectivity index (χ1v) is 6.16. The maximum Gasteiger partial charge on any atom is 0.334 e. The predicted molar refractivity (Wildman–Crippen MR) is 63.4 cm³/mol. The van der Waals surface area contributed by atoms with Gasteiger partial charge in [0.15, 0.2) is 0 Å². The zero-order valence-electron chi connectivity index (χ0n) is 10.6. The van der Waals surface area contributed by atoms with E-state index >= 15 is 0 Å². The predicted octanol–water partition coefficient (Wildman–Crippen LogP) is 2.37. The second kappa shape index (κ2) is 7.09. The van der Waals surface area contributed by atoms with Crippen LogP contribution in [0.4, 0.5) is 0 Å². The number of rotatable bonds is 3. The van der Waals surface area contributed by atoms with E-state index in [1.54, 1.807) is 0 Å². The fourth-order valence-corrected chi connectivity index (χ4v) is 1.67. The zero-order chi connectivity index (χ0) is 12.7. The van der Waals surface area contributed by atoms with Crippen molar-refractivity contribution in [3.63, 3.8) is 0 Å². The number of hydrogen-bond acceptors (Lipinski definition) is 4. The van der Waals surface area contributed by atoms with E-state index < -0.39 is 0 Å². The largest absolute Gasteiger partial charge is 0.466 e. The van der Waals surface area contributed by atoms with Gasteiger partial charge in [-0.15, -0.1) is 0 Å². The van der Waals surface area contributed by atoms with Crippen LogP contribution in [-0.4, -0.2) is 25.2 Å². The molecule has 2 rings (SSSR count). The monoisotopic (exact) mass is 240 g/mol. The third-order valence-electron chi connectivity index (χ3n) is 2.75. The molecular formula is C13H20O4. The molecule has 2 aliphatic rings. The zero-order valence-corrected chi connectivity index (χ0v) is 10.6. The molecule has 1 fully saturated rings. The molecule has 96 valence electrons. The SMILES string of the molecule is CCCCC1=C(C)COC1=O.O=C1CCCO1. The molecule has 0 aromatic carbocycles. The van der Waals surface area contributed by atoms with E-state index in [-0.39, 0.29) is 11.9 Å². The summed E-state index contributed by atoms with van der Waals surface area (Å²) in [7, 11) is 0. The van der Waals surface area contributed by atoms with Crippen LogP contribution in [0.1, 0.15) is 46.0 Å². The molecule has 0 saturated carbocycles. The van der Waals surface area contributed by atoms with Crippen LogP contribution >= 0.6 is 0 Å². The van der Waals surface area contributed by atoms with E-state index in [1.165, 1.54) is 0 Å². The number of ether oxygens (including phenoxy) is 2. The lowest BCUT2D eigenvalue weighted by molar-refractivity contribution is -0.138. The van der Waals surface area contributed by atoms with Gasteiger partial charge in [-0.1, -0.05) is 13.3 Å². The van der Waals surface area contributed by atoms with Gasteiger partial charge in [0, 0.05) is 12.0 Å². The normalized spacial score (nSPS) is 18.7. The van der Waals surface area contributed by atoms with E-state index in [0.29, 0.717) is 19.6 Å². The van der Waals surface area contributed by atoms with Crippen LogP contribution in [-0.2, 0) is 19.1 Å². The summed E-state index contributed by atoms with van der Waals surface area (Å²) in [4.78, 5) is 21.0. The molecule has 0 aromatic heterocycles. The molecule has 0 bridgehead atoms. The molecule has 0 spiro atoms. The number of unbranched alkanes of at least 4 members (excludes halogenated alkanes) is 1. The molecule has 17 heavy (non-hydrogen) atoms. The van der Waals surface area contributed by atoms with Crippen molar-refractivity contribution in [3.8, 4) is 0 Å². The van der Waals surface area contributed by atoms with Gasteiger partial charge in [0.25, 0.3) is 0 Å². The van der Waals surface area contributed by atoms with E-state index in [4.69, 9.17) is 4.74 Å². The Morgan fingerprint density at radius 1 is 1.24 bits per heavy atom. The summed E-state index contributed by atoms with van der Waals surface area (Å²) in [5.41, 5.74) is 2.02. The fraction of sp³-hybridized carbons (Fsp3) is 0.692. The minimum absolute atomic E-state index is 0.0463. The first-order valence-electron chi connectivity index (χ1n) is 6.16. The number of esters is 2. The summed E-state index contributed by atoms with van der Waals surface area (Å²) < 4.78 is 9.38. The Kier molecular flexibility index (Phi) is 5.73. The van der Waals surface area contributed by atoms with Crippen LogP contribution in [0.5, 0.6) is 0 Å². The minimum atomic E-state index is -0.101. The van der Waals surface area contributed by atoms with Crippen LogP contribution in [0.3, 0.4) is 0 Å². The average Bonchev–Trinajstić information content (AvgIpc) is 2.89. The van der Waals surface area contributed by atoms with Crippen molar-refractivity contribution in [2.45, 2.75) is 46.0 Å². The molecule has 0 amide bonds. The van der Waals surface area contributed by atoms with Crippen LogP contribution in [0.15, 0.2) is 11.1 Å². The van der Waals surface area contributed by atoms with E-state index in [0.717, 1.165) is 36.8 Å². The van der Waals surface area contributed by atoms with Crippen LogP contribution in [0.25, 0.3) is 0 Å². The Morgan fingerprint density at radius 2 is 2.00 bits per heavy atom. The van der Waals surface area contributed by atoms with E-state index in [1.807, 2.05) is 6.92 Å². The Morgan fingerprint density at radius 3 is 2.35 bits per heavy atom. The topological polar surface area (TPSA) is 52.6 Å². The highest BCUT2D eigenvalue weighted by Crippen LogP contribution is 2.20. The third-order valence-corrected chi connectivity index (χ3v) is 2.75. The lowest BCUT2D eigenvalue weighted by Gasteiger charge is -1.96. The Labute approximate surface area is 102 Å². The van der Waals surface area contributed by atoms with Gasteiger partial charge in [-0.3, -0.25) is 4.79 Å². The number of carbonyl (C=O) groups excluding carboxylic acids is 2. The lowest BCUT2D eigenvalue weighted by atomic mass is 10.1. The van der Waals surface area contributed by atoms with Gasteiger partial charge in [-0.2, -0.15) is 0 Å². The third kappa shape index (κ3) is 4.59. The molecule has 2 aliphatic heterocycles. The van der Waals surface area contributed by atoms with Gasteiger partial charge < -0.3 is 9.47 Å². The van der Waals surface area contributed by atoms with Crippen molar-refractivity contribution in [2.75, 3.05) is 13.2 Å². The Balaban J connectivity index is 0.000000202. The van der Waals surface area contributed by atoms with E-state index in [9.17, 15) is 9.59 Å². The number of carbonyl (C=O) groups is 2. The standard InChI is InChI=1S/C9H14O2.C4H6O2/c1-3-4-5-8-7(2)6-11-9(8)10;5-4-2-1-3-6-4/h3-6H2,1-2H3;1-3H2. The summed E-state index contributed by atoms with van der Waals surface area (Å²) in [5.74, 6) is -0.147. The quantitative estimate of drug-likeness (QED) is 0.711. The molecule has 1 saturated heterocycles. The molecule has 4 nitrogen and oxygen atoms in total. The molecule has 0 radical (unpaired) electrons. The fourth-order valence-electron chi connectivity index (χ4n) is 1.67. The highest BCUT2D eigenvalue weighted by atomic mass is 16.5. The van der Waals surface area contributed by atoms with Gasteiger partial charge in [0.2, 0.25) is 0 Å². The molecule has 4 heteroatoms. The van der Waals surface area contributed by atoms with Crippen molar-refractivity contribution < 1.29 is 19.1 Å². The van der Waals surface area contributed by atoms with Crippen LogP contribution in [0.2, 0.25) is 0 Å². The summed E-state index contributed by atoms with van der Waals surface area (Å²) in [6, 6.07) is 0. The summed E-state index contributed by atoms with van der Waals surface area (Å²) in [5, 5.41) is 0. The Bertz CT molecular complexity index is 309. The lowest BCUT2D eigenvalue weighted by Crippen LogP contribution is -1.98. The first-order chi connectivity index (χ1) is 8.15. The minimum Gasteiger partial charge on any atom is -0.466 e. The van der Waals surface area contributed by atoms with Crippen molar-refractivity contribution in [1.82, 2.24) is 0 Å². The highest BCUT2D eigenvalue weighted by Gasteiger charge is 2.20. The molecule has 0 atom stereocenters. The molecule has 0 N–H and O–H groups in total. The van der Waals surface area contributed by atoms with Gasteiger partial charge in [-0.25, -0.2) is 4.79 Å². The number of hydrogen-bond donors (Lipinski definition) is 0. The highest BCUT2D eigenvalue weighted by molar-refractivity contribution is 5.91. The van der Waals surface area contributed by atoms with Crippen LogP contribution in [0, 0.1) is 0 Å².